The van der Waals surface area contributed by atoms with Crippen LogP contribution in [-0.4, -0.2) is 54.4 Å². The molecule has 6 heteroatoms. The fraction of sp³-hybridized carbons (Fsp3) is 0.750. The Bertz CT molecular complexity index is 489. The van der Waals surface area contributed by atoms with Crippen LogP contribution in [0.4, 0.5) is 0 Å². The molecule has 6 nitrogen and oxygen atoms in total. The number of nitrogens with zero attached hydrogens (tertiary/aromatic N) is 2. The number of aromatic nitrogens is 1. The van der Waals surface area contributed by atoms with Gasteiger partial charge in [0.2, 0.25) is 5.91 Å². The number of hydrogen-bond donors (Lipinski definition) is 1. The highest BCUT2D eigenvalue weighted by Crippen LogP contribution is 2.17. The van der Waals surface area contributed by atoms with Crippen molar-refractivity contribution in [3.63, 3.8) is 0 Å². The summed E-state index contributed by atoms with van der Waals surface area (Å²) >= 11 is 0. The molecule has 1 aromatic rings. The van der Waals surface area contributed by atoms with Crippen LogP contribution in [0.2, 0.25) is 0 Å². The molecule has 2 aliphatic rings. The molecular weight excluding hydrogens is 282 g/mol. The zero-order valence-electron chi connectivity index (χ0n) is 13.2. The third-order valence-corrected chi connectivity index (χ3v) is 4.45. The van der Waals surface area contributed by atoms with Crippen LogP contribution in [0.5, 0.6) is 0 Å². The third kappa shape index (κ3) is 4.30. The molecule has 0 bridgehead atoms. The van der Waals surface area contributed by atoms with Gasteiger partial charge in [-0.25, -0.2) is 0 Å². The number of piperidine rings is 1. The lowest BCUT2D eigenvalue weighted by atomic mass is 10.0. The second-order valence-corrected chi connectivity index (χ2v) is 6.39. The normalized spacial score (nSPS) is 23.8. The smallest absolute Gasteiger partial charge is 0.227 e. The predicted molar refractivity (Wildman–Crippen MR) is 81.5 cm³/mol. The first-order valence-electron chi connectivity index (χ1n) is 8.24. The van der Waals surface area contributed by atoms with Crippen molar-refractivity contribution in [2.75, 3.05) is 26.2 Å². The standard InChI is InChI=1S/C16H25N3O3/c1-12-9-15(22-18-12)10-16(20)17-13-4-6-19(7-5-13)11-14-3-2-8-21-14/h9,13-14H,2-8,10-11H2,1H3,(H,17,20). The summed E-state index contributed by atoms with van der Waals surface area (Å²) in [5.41, 5.74) is 0.810. The highest BCUT2D eigenvalue weighted by Gasteiger charge is 2.24. The summed E-state index contributed by atoms with van der Waals surface area (Å²) in [6.45, 7) is 5.88. The summed E-state index contributed by atoms with van der Waals surface area (Å²) in [4.78, 5) is 14.5. The first kappa shape index (κ1) is 15.5. The molecule has 3 heterocycles. The van der Waals surface area contributed by atoms with E-state index in [-0.39, 0.29) is 18.4 Å². The van der Waals surface area contributed by atoms with E-state index in [0.29, 0.717) is 11.9 Å². The first-order valence-corrected chi connectivity index (χ1v) is 8.24. The molecule has 1 unspecified atom stereocenters. The first-order chi connectivity index (χ1) is 10.7. The third-order valence-electron chi connectivity index (χ3n) is 4.45. The Morgan fingerprint density at radius 2 is 2.23 bits per heavy atom. The van der Waals surface area contributed by atoms with Crippen LogP contribution < -0.4 is 5.32 Å². The largest absolute Gasteiger partial charge is 0.377 e. The molecule has 0 radical (unpaired) electrons. The SMILES string of the molecule is Cc1cc(CC(=O)NC2CCN(CC3CCCO3)CC2)on1. The zero-order chi connectivity index (χ0) is 15.4. The molecule has 2 fully saturated rings. The van der Waals surface area contributed by atoms with Crippen molar-refractivity contribution < 1.29 is 14.1 Å². The van der Waals surface area contributed by atoms with E-state index in [1.54, 1.807) is 0 Å². The zero-order valence-corrected chi connectivity index (χ0v) is 13.2. The van der Waals surface area contributed by atoms with E-state index in [9.17, 15) is 4.79 Å². The average Bonchev–Trinajstić information content (AvgIpc) is 3.13. The topological polar surface area (TPSA) is 67.6 Å². The van der Waals surface area contributed by atoms with Gasteiger partial charge in [-0.15, -0.1) is 0 Å². The fourth-order valence-corrected chi connectivity index (χ4v) is 3.27. The average molecular weight is 307 g/mol. The molecule has 0 aromatic carbocycles. The number of amides is 1. The lowest BCUT2D eigenvalue weighted by Gasteiger charge is -2.33. The van der Waals surface area contributed by atoms with Gasteiger partial charge in [0.1, 0.15) is 5.76 Å². The quantitative estimate of drug-likeness (QED) is 0.888. The molecule has 2 saturated heterocycles. The molecule has 1 N–H and O–H groups in total. The van der Waals surface area contributed by atoms with Crippen LogP contribution in [0.25, 0.3) is 0 Å². The van der Waals surface area contributed by atoms with Gasteiger partial charge < -0.3 is 19.5 Å². The molecule has 1 aromatic heterocycles. The number of rotatable bonds is 5. The predicted octanol–water partition coefficient (Wildman–Crippen LogP) is 1.29. The molecule has 0 aliphatic carbocycles. The highest BCUT2D eigenvalue weighted by atomic mass is 16.5. The van der Waals surface area contributed by atoms with Crippen molar-refractivity contribution in [3.05, 3.63) is 17.5 Å². The molecule has 22 heavy (non-hydrogen) atoms. The molecule has 0 spiro atoms. The Morgan fingerprint density at radius 1 is 1.41 bits per heavy atom. The van der Waals surface area contributed by atoms with E-state index < -0.39 is 0 Å². The lowest BCUT2D eigenvalue weighted by molar-refractivity contribution is -0.121. The van der Waals surface area contributed by atoms with Gasteiger partial charge in [0, 0.05) is 38.3 Å². The second-order valence-electron chi connectivity index (χ2n) is 6.39. The van der Waals surface area contributed by atoms with Gasteiger partial charge >= 0.3 is 0 Å². The summed E-state index contributed by atoms with van der Waals surface area (Å²) in [6.07, 6.45) is 5.09. The molecule has 1 atom stereocenters. The van der Waals surface area contributed by atoms with Crippen LogP contribution in [0, 0.1) is 6.92 Å². The fourth-order valence-electron chi connectivity index (χ4n) is 3.27. The summed E-state index contributed by atoms with van der Waals surface area (Å²) in [5.74, 6) is 0.652. The monoisotopic (exact) mass is 307 g/mol. The molecule has 122 valence electrons. The van der Waals surface area contributed by atoms with Gasteiger partial charge in [-0.05, 0) is 32.6 Å². The Hall–Kier alpha value is -1.40. The van der Waals surface area contributed by atoms with E-state index in [4.69, 9.17) is 9.26 Å². The maximum atomic E-state index is 12.0. The molecule has 2 aliphatic heterocycles. The van der Waals surface area contributed by atoms with Crippen molar-refractivity contribution in [3.8, 4) is 0 Å². The van der Waals surface area contributed by atoms with Crippen LogP contribution in [0.1, 0.15) is 37.1 Å². The van der Waals surface area contributed by atoms with Crippen LogP contribution in [0.3, 0.4) is 0 Å². The van der Waals surface area contributed by atoms with Gasteiger partial charge in [-0.1, -0.05) is 5.16 Å². The molecular formula is C16H25N3O3. The lowest BCUT2D eigenvalue weighted by Crippen LogP contribution is -2.46. The van der Waals surface area contributed by atoms with E-state index in [1.807, 2.05) is 13.0 Å². The van der Waals surface area contributed by atoms with Gasteiger partial charge in [-0.3, -0.25) is 4.79 Å². The minimum absolute atomic E-state index is 0.0220. The Balaban J connectivity index is 1.37. The number of carbonyl (C=O) groups is 1. The van der Waals surface area contributed by atoms with Crippen LogP contribution in [-0.2, 0) is 16.0 Å². The molecule has 0 saturated carbocycles. The summed E-state index contributed by atoms with van der Waals surface area (Å²) in [6, 6.07) is 2.08. The summed E-state index contributed by atoms with van der Waals surface area (Å²) in [7, 11) is 0. The van der Waals surface area contributed by atoms with E-state index in [0.717, 1.165) is 44.8 Å². The summed E-state index contributed by atoms with van der Waals surface area (Å²) < 4.78 is 10.8. The number of nitrogens with one attached hydrogen (secondary N) is 1. The number of carbonyl (C=O) groups excluding carboxylic acids is 1. The Labute approximate surface area is 131 Å². The van der Waals surface area contributed by atoms with Gasteiger partial charge in [-0.2, -0.15) is 0 Å². The van der Waals surface area contributed by atoms with Gasteiger partial charge in [0.25, 0.3) is 0 Å². The van der Waals surface area contributed by atoms with E-state index in [2.05, 4.69) is 15.4 Å². The van der Waals surface area contributed by atoms with Crippen molar-refractivity contribution in [1.82, 2.24) is 15.4 Å². The molecule has 3 rings (SSSR count). The van der Waals surface area contributed by atoms with Crippen LogP contribution in [0.15, 0.2) is 10.6 Å². The minimum atomic E-state index is 0.0220. The van der Waals surface area contributed by atoms with Gasteiger partial charge in [0.15, 0.2) is 0 Å². The van der Waals surface area contributed by atoms with E-state index in [1.165, 1.54) is 12.8 Å². The number of likely N-dealkylation sites (tertiary alicyclic amines) is 1. The van der Waals surface area contributed by atoms with Gasteiger partial charge in [0.05, 0.1) is 18.2 Å². The maximum absolute atomic E-state index is 12.0. The van der Waals surface area contributed by atoms with Crippen molar-refractivity contribution in [2.24, 2.45) is 0 Å². The molecule has 1 amide bonds. The van der Waals surface area contributed by atoms with Crippen LogP contribution >= 0.6 is 0 Å². The maximum Gasteiger partial charge on any atom is 0.227 e. The number of hydrogen-bond acceptors (Lipinski definition) is 5. The van der Waals surface area contributed by atoms with E-state index >= 15 is 0 Å². The minimum Gasteiger partial charge on any atom is -0.377 e. The number of ether oxygens (including phenoxy) is 1. The van der Waals surface area contributed by atoms with Crippen molar-refractivity contribution in [1.29, 1.82) is 0 Å². The summed E-state index contributed by atoms with van der Waals surface area (Å²) in [5, 5.41) is 6.91. The Kier molecular flexibility index (Phi) is 5.10. The Morgan fingerprint density at radius 3 is 2.86 bits per heavy atom. The van der Waals surface area contributed by atoms with Crippen molar-refractivity contribution >= 4 is 5.91 Å². The number of aryl methyl sites for hydroxylation is 1. The second kappa shape index (κ2) is 7.24. The highest BCUT2D eigenvalue weighted by molar-refractivity contribution is 5.78. The van der Waals surface area contributed by atoms with Crippen molar-refractivity contribution in [2.45, 2.75) is 51.2 Å².